The summed E-state index contributed by atoms with van der Waals surface area (Å²) >= 11 is 8.04. The van der Waals surface area contributed by atoms with E-state index in [1.165, 1.54) is 6.20 Å². The summed E-state index contributed by atoms with van der Waals surface area (Å²) in [4.78, 5) is 36.1. The Morgan fingerprint density at radius 1 is 1.26 bits per heavy atom. The predicted molar refractivity (Wildman–Crippen MR) is 138 cm³/mol. The molecule has 0 amide bonds. The van der Waals surface area contributed by atoms with E-state index in [4.69, 9.17) is 16.3 Å². The minimum atomic E-state index is -0.804. The molecule has 9 heteroatoms. The first-order chi connectivity index (χ1) is 17.0. The highest BCUT2D eigenvalue weighted by Crippen LogP contribution is 2.32. The number of hydrogen-bond donors (Lipinski definition) is 1. The maximum Gasteiger partial charge on any atom is 0.308 e. The van der Waals surface area contributed by atoms with Crippen LogP contribution >= 0.6 is 23.4 Å². The molecule has 0 unspecified atom stereocenters. The Bertz CT molecular complexity index is 1190. The number of aliphatic carboxylic acids is 1. The number of piperidine rings is 1. The topological polar surface area (TPSA) is 92.6 Å². The second-order valence-corrected chi connectivity index (χ2v) is 10.2. The molecule has 1 aromatic carbocycles. The number of pyridine rings is 2. The van der Waals surface area contributed by atoms with Gasteiger partial charge in [-0.1, -0.05) is 17.7 Å². The van der Waals surface area contributed by atoms with Crippen LogP contribution in [0.15, 0.2) is 53.8 Å². The number of carbonyl (C=O) groups is 2. The van der Waals surface area contributed by atoms with E-state index in [0.717, 1.165) is 30.3 Å². The van der Waals surface area contributed by atoms with Crippen molar-refractivity contribution in [1.82, 2.24) is 14.9 Å². The number of thioether (sulfide) groups is 1. The monoisotopic (exact) mass is 513 g/mol. The van der Waals surface area contributed by atoms with Crippen LogP contribution in [0.2, 0.25) is 5.02 Å². The number of carboxylic acid groups (broad SMARTS) is 1. The van der Waals surface area contributed by atoms with Gasteiger partial charge < -0.3 is 14.7 Å². The molecule has 3 aromatic rings. The zero-order valence-corrected chi connectivity index (χ0v) is 21.1. The largest absolute Gasteiger partial charge is 0.497 e. The smallest absolute Gasteiger partial charge is 0.308 e. The molecule has 1 saturated heterocycles. The molecule has 0 saturated carbocycles. The van der Waals surface area contributed by atoms with Gasteiger partial charge in [-0.2, -0.15) is 0 Å². The Kier molecular flexibility index (Phi) is 8.59. The molecule has 1 fully saturated rings. The van der Waals surface area contributed by atoms with Gasteiger partial charge in [0.2, 0.25) is 0 Å². The van der Waals surface area contributed by atoms with Crippen LogP contribution in [0.1, 0.15) is 29.6 Å². The molecule has 0 spiro atoms. The molecule has 2 atom stereocenters. The van der Waals surface area contributed by atoms with Gasteiger partial charge in [-0.3, -0.25) is 14.6 Å². The quantitative estimate of drug-likeness (QED) is 0.297. The highest BCUT2D eigenvalue weighted by molar-refractivity contribution is 7.99. The van der Waals surface area contributed by atoms with Crippen LogP contribution in [0, 0.1) is 11.8 Å². The van der Waals surface area contributed by atoms with Crippen molar-refractivity contribution in [2.45, 2.75) is 24.3 Å². The summed E-state index contributed by atoms with van der Waals surface area (Å²) in [6, 6.07) is 11.2. The minimum absolute atomic E-state index is 0.0578. The Hall–Kier alpha value is -2.68. The van der Waals surface area contributed by atoms with Gasteiger partial charge in [0, 0.05) is 48.6 Å². The van der Waals surface area contributed by atoms with Crippen LogP contribution in [0.4, 0.5) is 0 Å². The highest BCUT2D eigenvalue weighted by Gasteiger charge is 2.34. The molecule has 7 nitrogen and oxygen atoms in total. The fraction of sp³-hybridized carbons (Fsp3) is 0.385. The first-order valence-corrected chi connectivity index (χ1v) is 13.0. The number of fused-ring (bicyclic) bond motifs is 1. The van der Waals surface area contributed by atoms with Crippen molar-refractivity contribution in [2.75, 3.05) is 32.5 Å². The number of halogens is 1. The maximum atomic E-state index is 13.2. The van der Waals surface area contributed by atoms with E-state index in [2.05, 4.69) is 14.9 Å². The third-order valence-electron chi connectivity index (χ3n) is 6.50. The lowest BCUT2D eigenvalue weighted by Crippen LogP contribution is -2.44. The number of benzene rings is 1. The van der Waals surface area contributed by atoms with Gasteiger partial charge in [-0.05, 0) is 55.6 Å². The lowest BCUT2D eigenvalue weighted by atomic mass is 9.81. The van der Waals surface area contributed by atoms with Crippen LogP contribution in [-0.2, 0) is 4.79 Å². The van der Waals surface area contributed by atoms with Gasteiger partial charge in [0.25, 0.3) is 0 Å². The van der Waals surface area contributed by atoms with Gasteiger partial charge in [0.15, 0.2) is 5.78 Å². The molecule has 1 aliphatic rings. The van der Waals surface area contributed by atoms with Gasteiger partial charge in [0.05, 0.1) is 28.6 Å². The number of rotatable bonds is 10. The standard InChI is InChI=1S/C26H28ClN3O4S/c1-34-18-6-7-22-19(14-18)25(21(27)15-29-22)23(31)8-5-17-9-11-30(16-20(17)26(32)33)12-13-35-24-4-2-3-10-28-24/h2-4,6-7,10,14-15,17,20H,5,8-9,11-13,16H2,1H3,(H,32,33)/t17-,20+/m0/s1. The van der Waals surface area contributed by atoms with Crippen LogP contribution < -0.4 is 4.74 Å². The van der Waals surface area contributed by atoms with Crippen molar-refractivity contribution >= 4 is 46.0 Å². The van der Waals surface area contributed by atoms with Crippen molar-refractivity contribution in [1.29, 1.82) is 0 Å². The normalized spacial score (nSPS) is 18.5. The first-order valence-electron chi connectivity index (χ1n) is 11.6. The molecule has 3 heterocycles. The maximum absolute atomic E-state index is 13.2. The zero-order chi connectivity index (χ0) is 24.8. The number of methoxy groups -OCH3 is 1. The van der Waals surface area contributed by atoms with Crippen molar-refractivity contribution in [3.63, 3.8) is 0 Å². The summed E-state index contributed by atoms with van der Waals surface area (Å²) in [5.41, 5.74) is 1.09. The van der Waals surface area contributed by atoms with Crippen molar-refractivity contribution < 1.29 is 19.4 Å². The number of nitrogens with zero attached hydrogens (tertiary/aromatic N) is 3. The van der Waals surface area contributed by atoms with Crippen LogP contribution in [0.25, 0.3) is 10.9 Å². The van der Waals surface area contributed by atoms with E-state index in [-0.39, 0.29) is 18.1 Å². The average Bonchev–Trinajstić information content (AvgIpc) is 2.87. The molecule has 35 heavy (non-hydrogen) atoms. The number of hydrogen-bond acceptors (Lipinski definition) is 7. The van der Waals surface area contributed by atoms with E-state index in [9.17, 15) is 14.7 Å². The molecule has 2 aromatic heterocycles. The summed E-state index contributed by atoms with van der Waals surface area (Å²) in [5, 5.41) is 11.8. The molecule has 0 bridgehead atoms. The number of ether oxygens (including phenoxy) is 1. The SMILES string of the molecule is COc1ccc2ncc(Cl)c(C(=O)CC[C@H]3CCN(CCSc4ccccn4)C[C@H]3C(=O)O)c2c1. The number of carboxylic acids is 1. The predicted octanol–water partition coefficient (Wildman–Crippen LogP) is 5.07. The fourth-order valence-electron chi connectivity index (χ4n) is 4.61. The van der Waals surface area contributed by atoms with Gasteiger partial charge in [-0.25, -0.2) is 4.98 Å². The lowest BCUT2D eigenvalue weighted by Gasteiger charge is -2.36. The lowest BCUT2D eigenvalue weighted by molar-refractivity contribution is -0.146. The fourth-order valence-corrected chi connectivity index (χ4v) is 5.73. The minimum Gasteiger partial charge on any atom is -0.497 e. The van der Waals surface area contributed by atoms with E-state index in [1.807, 2.05) is 18.2 Å². The van der Waals surface area contributed by atoms with Crippen LogP contribution in [0.5, 0.6) is 5.75 Å². The Labute approximate surface area is 213 Å². The number of carbonyl (C=O) groups excluding carboxylic acids is 1. The Morgan fingerprint density at radius 2 is 2.11 bits per heavy atom. The number of aromatic nitrogens is 2. The first kappa shape index (κ1) is 25.4. The number of ketones is 1. The van der Waals surface area contributed by atoms with Crippen molar-refractivity contribution in [3.05, 3.63) is 59.4 Å². The van der Waals surface area contributed by atoms with Crippen molar-refractivity contribution in [2.24, 2.45) is 11.8 Å². The summed E-state index contributed by atoms with van der Waals surface area (Å²) in [7, 11) is 1.57. The molecule has 0 radical (unpaired) electrons. The average molecular weight is 514 g/mol. The number of likely N-dealkylation sites (tertiary alicyclic amines) is 1. The van der Waals surface area contributed by atoms with Crippen LogP contribution in [0.3, 0.4) is 0 Å². The third-order valence-corrected chi connectivity index (χ3v) is 7.71. The second kappa shape index (κ2) is 11.8. The molecular formula is C26H28ClN3O4S. The molecular weight excluding hydrogens is 486 g/mol. The Morgan fingerprint density at radius 3 is 2.86 bits per heavy atom. The van der Waals surface area contributed by atoms with Crippen molar-refractivity contribution in [3.8, 4) is 5.75 Å². The van der Waals surface area contributed by atoms with E-state index >= 15 is 0 Å². The molecule has 0 aliphatic carbocycles. The summed E-state index contributed by atoms with van der Waals surface area (Å²) in [6.45, 7) is 2.12. The molecule has 1 N–H and O–H groups in total. The molecule has 184 valence electrons. The summed E-state index contributed by atoms with van der Waals surface area (Å²) in [5.74, 6) is 0.00771. The van der Waals surface area contributed by atoms with Gasteiger partial charge in [0.1, 0.15) is 5.75 Å². The van der Waals surface area contributed by atoms with Crippen LogP contribution in [-0.4, -0.2) is 64.2 Å². The second-order valence-electron chi connectivity index (χ2n) is 8.64. The Balaban J connectivity index is 1.37. The van der Waals surface area contributed by atoms with Gasteiger partial charge in [-0.15, -0.1) is 11.8 Å². The summed E-state index contributed by atoms with van der Waals surface area (Å²) in [6.07, 6.45) is 4.76. The third kappa shape index (κ3) is 6.31. The zero-order valence-electron chi connectivity index (χ0n) is 19.5. The van der Waals surface area contributed by atoms with Gasteiger partial charge >= 0.3 is 5.97 Å². The summed E-state index contributed by atoms with van der Waals surface area (Å²) < 4.78 is 5.30. The highest BCUT2D eigenvalue weighted by atomic mass is 35.5. The molecule has 4 rings (SSSR count). The van der Waals surface area contributed by atoms with E-state index in [1.54, 1.807) is 43.3 Å². The van der Waals surface area contributed by atoms with E-state index in [0.29, 0.717) is 40.2 Å². The van der Waals surface area contributed by atoms with E-state index < -0.39 is 11.9 Å². The number of Topliss-reactive ketones (excluding diaryl/α,β-unsaturated/α-hetero) is 1. The molecule has 1 aliphatic heterocycles.